The van der Waals surface area contributed by atoms with Crippen LogP contribution in [0.15, 0.2) is 97.2 Å². The van der Waals surface area contributed by atoms with E-state index in [1.807, 2.05) is 72.9 Å². The summed E-state index contributed by atoms with van der Waals surface area (Å²) in [5, 5.41) is 2.99. The van der Waals surface area contributed by atoms with Gasteiger partial charge in [0.25, 0.3) is 0 Å². The van der Waals surface area contributed by atoms with Crippen LogP contribution in [-0.4, -0.2) is 53.7 Å². The molecule has 0 saturated carbocycles. The van der Waals surface area contributed by atoms with Crippen molar-refractivity contribution in [3.63, 3.8) is 0 Å². The Morgan fingerprint density at radius 2 is 1.55 bits per heavy atom. The molecule has 8 nitrogen and oxygen atoms in total. The molecule has 7 rings (SSSR count). The van der Waals surface area contributed by atoms with Gasteiger partial charge in [-0.25, -0.2) is 4.98 Å². The van der Waals surface area contributed by atoms with Crippen LogP contribution in [0.1, 0.15) is 11.1 Å². The van der Waals surface area contributed by atoms with Crippen LogP contribution < -0.4 is 19.7 Å². The SMILES string of the molecule is O=C(Cc1ccccc1)Nc1ccc(-c2ccc3ncc(N4CCN(Cc5ccc6c(c5)OCO6)CC4)nc3c2)cc1. The van der Waals surface area contributed by atoms with E-state index in [1.165, 1.54) is 5.56 Å². The molecule has 8 heteroatoms. The number of benzene rings is 4. The fraction of sp³-hybridized carbons (Fsp3) is 0.206. The van der Waals surface area contributed by atoms with Gasteiger partial charge in [-0.2, -0.15) is 0 Å². The molecule has 42 heavy (non-hydrogen) atoms. The van der Waals surface area contributed by atoms with Gasteiger partial charge >= 0.3 is 0 Å². The number of nitrogens with zero attached hydrogens (tertiary/aromatic N) is 4. The summed E-state index contributed by atoms with van der Waals surface area (Å²) in [6.45, 7) is 4.86. The number of amides is 1. The van der Waals surface area contributed by atoms with E-state index in [-0.39, 0.29) is 5.91 Å². The Morgan fingerprint density at radius 1 is 0.762 bits per heavy atom. The van der Waals surface area contributed by atoms with Crippen molar-refractivity contribution in [3.05, 3.63) is 108 Å². The van der Waals surface area contributed by atoms with E-state index in [2.05, 4.69) is 39.4 Å². The molecule has 3 heterocycles. The number of nitrogens with one attached hydrogen (secondary N) is 1. The Morgan fingerprint density at radius 3 is 2.38 bits per heavy atom. The van der Waals surface area contributed by atoms with E-state index in [0.29, 0.717) is 13.2 Å². The summed E-state index contributed by atoms with van der Waals surface area (Å²) >= 11 is 0. The van der Waals surface area contributed by atoms with Crippen molar-refractivity contribution < 1.29 is 14.3 Å². The second-order valence-electron chi connectivity index (χ2n) is 10.7. The highest BCUT2D eigenvalue weighted by atomic mass is 16.7. The smallest absolute Gasteiger partial charge is 0.231 e. The summed E-state index contributed by atoms with van der Waals surface area (Å²) < 4.78 is 11.0. The Balaban J connectivity index is 0.988. The first-order chi connectivity index (χ1) is 20.7. The van der Waals surface area contributed by atoms with Crippen molar-refractivity contribution in [2.75, 3.05) is 43.2 Å². The zero-order valence-corrected chi connectivity index (χ0v) is 23.2. The molecular formula is C34H31N5O3. The maximum atomic E-state index is 12.4. The van der Waals surface area contributed by atoms with Gasteiger partial charge in [0.1, 0.15) is 5.82 Å². The lowest BCUT2D eigenvalue weighted by Crippen LogP contribution is -2.46. The molecule has 210 valence electrons. The van der Waals surface area contributed by atoms with Gasteiger partial charge in [-0.05, 0) is 58.7 Å². The Kier molecular flexibility index (Phi) is 7.12. The van der Waals surface area contributed by atoms with Crippen LogP contribution in [0.2, 0.25) is 0 Å². The summed E-state index contributed by atoms with van der Waals surface area (Å²) in [6.07, 6.45) is 2.23. The Hall–Kier alpha value is -4.95. The van der Waals surface area contributed by atoms with E-state index in [9.17, 15) is 4.79 Å². The van der Waals surface area contributed by atoms with Gasteiger partial charge in [-0.3, -0.25) is 14.7 Å². The molecule has 0 unspecified atom stereocenters. The standard InChI is InChI=1S/C34H31N5O3/c40-34(19-24-4-2-1-3-5-24)36-28-10-7-26(8-11-28)27-9-12-29-30(20-27)37-33(21-35-29)39-16-14-38(15-17-39)22-25-6-13-31-32(18-25)42-23-41-31/h1-13,18,20-21H,14-17,19,22-23H2,(H,36,40). The number of fused-ring (bicyclic) bond motifs is 2. The van der Waals surface area contributed by atoms with Crippen molar-refractivity contribution in [2.24, 2.45) is 0 Å². The van der Waals surface area contributed by atoms with Crippen LogP contribution in [0.5, 0.6) is 11.5 Å². The number of ether oxygens (including phenoxy) is 2. The Bertz CT molecular complexity index is 1720. The average molecular weight is 558 g/mol. The number of carbonyl (C=O) groups is 1. The molecule has 1 N–H and O–H groups in total. The quantitative estimate of drug-likeness (QED) is 0.282. The predicted octanol–water partition coefficient (Wildman–Crippen LogP) is 5.53. The minimum absolute atomic E-state index is 0.0313. The van der Waals surface area contributed by atoms with Crippen LogP contribution in [0, 0.1) is 0 Å². The zero-order chi connectivity index (χ0) is 28.3. The van der Waals surface area contributed by atoms with Crippen LogP contribution in [-0.2, 0) is 17.8 Å². The van der Waals surface area contributed by atoms with Crippen molar-refractivity contribution >= 4 is 28.4 Å². The van der Waals surface area contributed by atoms with Crippen molar-refractivity contribution in [1.29, 1.82) is 0 Å². The first-order valence-electron chi connectivity index (χ1n) is 14.2. The fourth-order valence-electron chi connectivity index (χ4n) is 5.50. The molecule has 1 amide bonds. The van der Waals surface area contributed by atoms with Gasteiger partial charge in [0.05, 0.1) is 23.7 Å². The van der Waals surface area contributed by atoms with Crippen LogP contribution in [0.4, 0.5) is 11.5 Å². The van der Waals surface area contributed by atoms with Gasteiger partial charge < -0.3 is 19.7 Å². The molecular weight excluding hydrogens is 526 g/mol. The monoisotopic (exact) mass is 557 g/mol. The molecule has 1 saturated heterocycles. The predicted molar refractivity (Wildman–Crippen MR) is 164 cm³/mol. The molecule has 0 spiro atoms. The van der Waals surface area contributed by atoms with Crippen LogP contribution >= 0.6 is 0 Å². The molecule has 4 aromatic carbocycles. The molecule has 0 radical (unpaired) electrons. The number of anilines is 2. The number of carbonyl (C=O) groups excluding carboxylic acids is 1. The third-order valence-electron chi connectivity index (χ3n) is 7.78. The van der Waals surface area contributed by atoms with Crippen molar-refractivity contribution in [1.82, 2.24) is 14.9 Å². The van der Waals surface area contributed by atoms with E-state index in [1.54, 1.807) is 0 Å². The average Bonchev–Trinajstić information content (AvgIpc) is 3.50. The highest BCUT2D eigenvalue weighted by Crippen LogP contribution is 2.33. The number of piperazine rings is 1. The van der Waals surface area contributed by atoms with Crippen molar-refractivity contribution in [2.45, 2.75) is 13.0 Å². The maximum absolute atomic E-state index is 12.4. The largest absolute Gasteiger partial charge is 0.454 e. The minimum atomic E-state index is -0.0313. The third kappa shape index (κ3) is 5.75. The van der Waals surface area contributed by atoms with Gasteiger partial charge in [-0.1, -0.05) is 54.6 Å². The number of hydrogen-bond acceptors (Lipinski definition) is 7. The minimum Gasteiger partial charge on any atom is -0.454 e. The summed E-state index contributed by atoms with van der Waals surface area (Å²) in [4.78, 5) is 26.9. The third-order valence-corrected chi connectivity index (χ3v) is 7.78. The molecule has 2 aliphatic heterocycles. The molecule has 2 aliphatic rings. The van der Waals surface area contributed by atoms with Gasteiger partial charge in [0.15, 0.2) is 11.5 Å². The highest BCUT2D eigenvalue weighted by Gasteiger charge is 2.20. The molecule has 5 aromatic rings. The van der Waals surface area contributed by atoms with E-state index in [4.69, 9.17) is 19.4 Å². The lowest BCUT2D eigenvalue weighted by molar-refractivity contribution is -0.115. The second-order valence-corrected chi connectivity index (χ2v) is 10.7. The van der Waals surface area contributed by atoms with Crippen LogP contribution in [0.3, 0.4) is 0 Å². The summed E-state index contributed by atoms with van der Waals surface area (Å²) in [5.74, 6) is 2.52. The zero-order valence-electron chi connectivity index (χ0n) is 23.2. The Labute approximate surface area is 244 Å². The van der Waals surface area contributed by atoms with E-state index < -0.39 is 0 Å². The first kappa shape index (κ1) is 26.0. The highest BCUT2D eigenvalue weighted by molar-refractivity contribution is 5.92. The second kappa shape index (κ2) is 11.5. The molecule has 0 atom stereocenters. The lowest BCUT2D eigenvalue weighted by atomic mass is 10.0. The van der Waals surface area contributed by atoms with Gasteiger partial charge in [-0.15, -0.1) is 0 Å². The summed E-state index contributed by atoms with van der Waals surface area (Å²) in [5.41, 5.74) is 6.86. The molecule has 1 aromatic heterocycles. The maximum Gasteiger partial charge on any atom is 0.231 e. The summed E-state index contributed by atoms with van der Waals surface area (Å²) in [7, 11) is 0. The van der Waals surface area contributed by atoms with Gasteiger partial charge in [0.2, 0.25) is 12.7 Å². The summed E-state index contributed by atoms with van der Waals surface area (Å²) in [6, 6.07) is 30.0. The fourth-order valence-corrected chi connectivity index (χ4v) is 5.50. The van der Waals surface area contributed by atoms with Crippen LogP contribution in [0.25, 0.3) is 22.2 Å². The first-order valence-corrected chi connectivity index (χ1v) is 14.2. The normalized spacial score (nSPS) is 14.7. The van der Waals surface area contributed by atoms with E-state index >= 15 is 0 Å². The lowest BCUT2D eigenvalue weighted by Gasteiger charge is -2.35. The van der Waals surface area contributed by atoms with Gasteiger partial charge in [0, 0.05) is 38.4 Å². The number of hydrogen-bond donors (Lipinski definition) is 1. The molecule has 1 fully saturated rings. The van der Waals surface area contributed by atoms with Crippen molar-refractivity contribution in [3.8, 4) is 22.6 Å². The number of rotatable bonds is 7. The topological polar surface area (TPSA) is 79.8 Å². The number of aromatic nitrogens is 2. The van der Waals surface area contributed by atoms with E-state index in [0.717, 1.165) is 83.5 Å². The molecule has 0 bridgehead atoms. The molecule has 0 aliphatic carbocycles.